The smallest absolute Gasteiger partial charge is 0.326 e. The van der Waals surface area contributed by atoms with Crippen LogP contribution in [0.15, 0.2) is 51.8 Å². The first-order valence-electron chi connectivity index (χ1n) is 8.75. The van der Waals surface area contributed by atoms with Crippen LogP contribution in [0.5, 0.6) is 0 Å². The fraction of sp³-hybridized carbons (Fsp3) is 0.250. The summed E-state index contributed by atoms with van der Waals surface area (Å²) >= 11 is 0. The largest absolute Gasteiger partial charge is 0.339 e. The summed E-state index contributed by atoms with van der Waals surface area (Å²) in [4.78, 5) is 19.5. The molecule has 132 valence electrons. The molecule has 0 unspecified atom stereocenters. The Hall–Kier alpha value is -3.15. The van der Waals surface area contributed by atoms with E-state index in [9.17, 15) is 4.79 Å². The Morgan fingerprint density at radius 2 is 1.96 bits per heavy atom. The Balaban J connectivity index is 1.62. The lowest BCUT2D eigenvalue weighted by atomic mass is 10.1. The number of rotatable bonds is 5. The van der Waals surface area contributed by atoms with Crippen molar-refractivity contribution in [1.82, 2.24) is 19.7 Å². The molecule has 0 radical (unpaired) electrons. The number of H-pyrrole nitrogens is 1. The molecular formula is C20H20N4O2. The lowest BCUT2D eigenvalue weighted by Gasteiger charge is -2.00. The zero-order chi connectivity index (χ0) is 18.1. The molecule has 1 N–H and O–H groups in total. The van der Waals surface area contributed by atoms with Crippen LogP contribution in [0.3, 0.4) is 0 Å². The van der Waals surface area contributed by atoms with Gasteiger partial charge in [-0.15, -0.1) is 0 Å². The van der Waals surface area contributed by atoms with Crippen LogP contribution < -0.4 is 5.69 Å². The number of hydrogen-bond donors (Lipinski definition) is 1. The van der Waals surface area contributed by atoms with Crippen LogP contribution in [-0.2, 0) is 13.0 Å². The molecule has 0 bridgehead atoms. The maximum absolute atomic E-state index is 12.1. The van der Waals surface area contributed by atoms with Gasteiger partial charge in [-0.25, -0.2) is 4.79 Å². The number of benzene rings is 2. The van der Waals surface area contributed by atoms with E-state index in [4.69, 9.17) is 4.52 Å². The molecule has 2 aromatic heterocycles. The second-order valence-corrected chi connectivity index (χ2v) is 6.49. The van der Waals surface area contributed by atoms with Crippen molar-refractivity contribution in [2.45, 2.75) is 33.2 Å². The molecule has 6 nitrogen and oxygen atoms in total. The van der Waals surface area contributed by atoms with Crippen molar-refractivity contribution in [3.05, 3.63) is 70.0 Å². The van der Waals surface area contributed by atoms with E-state index in [0.29, 0.717) is 24.7 Å². The van der Waals surface area contributed by atoms with E-state index in [1.54, 1.807) is 4.57 Å². The van der Waals surface area contributed by atoms with Crippen molar-refractivity contribution in [3.8, 4) is 11.4 Å². The number of nitrogens with zero attached hydrogens (tertiary/aromatic N) is 3. The van der Waals surface area contributed by atoms with E-state index in [1.165, 1.54) is 5.56 Å². The van der Waals surface area contributed by atoms with Crippen LogP contribution in [0.25, 0.3) is 22.4 Å². The molecule has 2 aromatic carbocycles. The zero-order valence-corrected chi connectivity index (χ0v) is 14.8. The molecular weight excluding hydrogens is 328 g/mol. The normalized spacial score (nSPS) is 11.3. The van der Waals surface area contributed by atoms with E-state index in [-0.39, 0.29) is 5.69 Å². The van der Waals surface area contributed by atoms with Gasteiger partial charge in [-0.1, -0.05) is 41.9 Å². The summed E-state index contributed by atoms with van der Waals surface area (Å²) in [6, 6.07) is 14.0. The van der Waals surface area contributed by atoms with Crippen molar-refractivity contribution in [3.63, 3.8) is 0 Å². The molecule has 6 heteroatoms. The van der Waals surface area contributed by atoms with Gasteiger partial charge in [-0.05, 0) is 37.1 Å². The SMILES string of the molecule is CCCn1c(=O)[nH]c2cc(-c3noc(Cc4ccc(C)cc4)n3)ccc21. The molecule has 0 fully saturated rings. The number of imidazole rings is 1. The Labute approximate surface area is 150 Å². The van der Waals surface area contributed by atoms with Gasteiger partial charge in [0.15, 0.2) is 0 Å². The molecule has 4 rings (SSSR count). The molecule has 0 aliphatic rings. The van der Waals surface area contributed by atoms with Crippen molar-refractivity contribution in [2.24, 2.45) is 0 Å². The summed E-state index contributed by atoms with van der Waals surface area (Å²) < 4.78 is 7.14. The van der Waals surface area contributed by atoms with Crippen LogP contribution >= 0.6 is 0 Å². The third-order valence-corrected chi connectivity index (χ3v) is 4.42. The van der Waals surface area contributed by atoms with Crippen molar-refractivity contribution >= 4 is 11.0 Å². The van der Waals surface area contributed by atoms with Gasteiger partial charge in [0.1, 0.15) is 0 Å². The van der Waals surface area contributed by atoms with Crippen molar-refractivity contribution in [1.29, 1.82) is 0 Å². The number of aromatic nitrogens is 4. The minimum atomic E-state index is -0.0906. The highest BCUT2D eigenvalue weighted by Crippen LogP contribution is 2.21. The number of aromatic amines is 1. The summed E-state index contributed by atoms with van der Waals surface area (Å²) in [6.45, 7) is 4.80. The van der Waals surface area contributed by atoms with E-state index in [2.05, 4.69) is 53.2 Å². The van der Waals surface area contributed by atoms with Crippen molar-refractivity contribution in [2.75, 3.05) is 0 Å². The fourth-order valence-corrected chi connectivity index (χ4v) is 3.07. The first-order valence-corrected chi connectivity index (χ1v) is 8.75. The molecule has 0 spiro atoms. The van der Waals surface area contributed by atoms with Gasteiger partial charge >= 0.3 is 5.69 Å². The molecule has 0 aliphatic carbocycles. The van der Waals surface area contributed by atoms with Gasteiger partial charge in [-0.3, -0.25) is 4.57 Å². The molecule has 0 saturated heterocycles. The lowest BCUT2D eigenvalue weighted by Crippen LogP contribution is -2.16. The third-order valence-electron chi connectivity index (χ3n) is 4.42. The lowest BCUT2D eigenvalue weighted by molar-refractivity contribution is 0.385. The molecule has 26 heavy (non-hydrogen) atoms. The Morgan fingerprint density at radius 1 is 1.15 bits per heavy atom. The van der Waals surface area contributed by atoms with Gasteiger partial charge in [-0.2, -0.15) is 4.98 Å². The minimum Gasteiger partial charge on any atom is -0.339 e. The van der Waals surface area contributed by atoms with Gasteiger partial charge < -0.3 is 9.51 Å². The summed E-state index contributed by atoms with van der Waals surface area (Å²) in [5, 5.41) is 4.09. The summed E-state index contributed by atoms with van der Waals surface area (Å²) in [7, 11) is 0. The molecule has 0 saturated carbocycles. The van der Waals surface area contributed by atoms with Gasteiger partial charge in [0.25, 0.3) is 0 Å². The van der Waals surface area contributed by atoms with Crippen molar-refractivity contribution < 1.29 is 4.52 Å². The average molecular weight is 348 g/mol. The van der Waals surface area contributed by atoms with Gasteiger partial charge in [0.05, 0.1) is 17.5 Å². The van der Waals surface area contributed by atoms with Crippen LogP contribution in [0.4, 0.5) is 0 Å². The van der Waals surface area contributed by atoms with E-state index >= 15 is 0 Å². The van der Waals surface area contributed by atoms with E-state index in [0.717, 1.165) is 28.6 Å². The predicted molar refractivity (Wildman–Crippen MR) is 100 cm³/mol. The van der Waals surface area contributed by atoms with Gasteiger partial charge in [0, 0.05) is 12.1 Å². The second kappa shape index (κ2) is 6.63. The topological polar surface area (TPSA) is 76.7 Å². The van der Waals surface area contributed by atoms with Gasteiger partial charge in [0.2, 0.25) is 11.7 Å². The van der Waals surface area contributed by atoms with E-state index in [1.807, 2.05) is 18.2 Å². The van der Waals surface area contributed by atoms with Crippen LogP contribution in [-0.4, -0.2) is 19.7 Å². The maximum atomic E-state index is 12.1. The maximum Gasteiger partial charge on any atom is 0.326 e. The standard InChI is InChI=1S/C20H20N4O2/c1-3-10-24-17-9-8-15(12-16(17)21-20(24)25)19-22-18(26-23-19)11-14-6-4-13(2)5-7-14/h4-9,12H,3,10-11H2,1-2H3,(H,21,25). The predicted octanol–water partition coefficient (Wildman–Crippen LogP) is 3.69. The highest BCUT2D eigenvalue weighted by Gasteiger charge is 2.12. The van der Waals surface area contributed by atoms with Crippen LogP contribution in [0.1, 0.15) is 30.4 Å². The molecule has 4 aromatic rings. The first kappa shape index (κ1) is 16.3. The Morgan fingerprint density at radius 3 is 2.73 bits per heavy atom. The third kappa shape index (κ3) is 3.06. The zero-order valence-electron chi connectivity index (χ0n) is 14.8. The molecule has 0 amide bonds. The fourth-order valence-electron chi connectivity index (χ4n) is 3.07. The minimum absolute atomic E-state index is 0.0906. The molecule has 2 heterocycles. The first-order chi connectivity index (χ1) is 12.6. The number of aryl methyl sites for hydroxylation is 2. The van der Waals surface area contributed by atoms with E-state index < -0.39 is 0 Å². The number of hydrogen-bond acceptors (Lipinski definition) is 4. The molecule has 0 atom stereocenters. The van der Waals surface area contributed by atoms with Crippen LogP contribution in [0.2, 0.25) is 0 Å². The Bertz CT molecular complexity index is 1100. The number of nitrogens with one attached hydrogen (secondary N) is 1. The second-order valence-electron chi connectivity index (χ2n) is 6.49. The average Bonchev–Trinajstić information content (AvgIpc) is 3.22. The highest BCUT2D eigenvalue weighted by molar-refractivity contribution is 5.80. The number of fused-ring (bicyclic) bond motifs is 1. The summed E-state index contributed by atoms with van der Waals surface area (Å²) in [5.41, 5.74) is 4.75. The summed E-state index contributed by atoms with van der Waals surface area (Å²) in [5.74, 6) is 1.10. The quantitative estimate of drug-likeness (QED) is 0.597. The van der Waals surface area contributed by atoms with Crippen LogP contribution in [0, 0.1) is 6.92 Å². The molecule has 0 aliphatic heterocycles. The summed E-state index contributed by atoms with van der Waals surface area (Å²) in [6.07, 6.45) is 1.50. The Kier molecular flexibility index (Phi) is 4.16. The monoisotopic (exact) mass is 348 g/mol. The highest BCUT2D eigenvalue weighted by atomic mass is 16.5.